The summed E-state index contributed by atoms with van der Waals surface area (Å²) < 4.78 is 60.6. The molecule has 0 bridgehead atoms. The Labute approximate surface area is 211 Å². The number of aryl methyl sites for hydroxylation is 1. The predicted molar refractivity (Wildman–Crippen MR) is 130 cm³/mol. The molecule has 1 N–H and O–H groups in total. The first-order valence-electron chi connectivity index (χ1n) is 11.6. The summed E-state index contributed by atoms with van der Waals surface area (Å²) in [5.74, 6) is -0.814. The first-order chi connectivity index (χ1) is 16.2. The Morgan fingerprint density at radius 3 is 2.17 bits per heavy atom. The number of rotatable bonds is 6. The van der Waals surface area contributed by atoms with E-state index in [9.17, 15) is 13.2 Å². The van der Waals surface area contributed by atoms with Gasteiger partial charge in [0.1, 0.15) is 5.54 Å². The van der Waals surface area contributed by atoms with Crippen LogP contribution in [0.2, 0.25) is 0 Å². The van der Waals surface area contributed by atoms with E-state index < -0.39 is 27.5 Å². The number of piperazine rings is 1. The van der Waals surface area contributed by atoms with Crippen molar-refractivity contribution in [3.63, 3.8) is 0 Å². The number of amides is 1. The maximum absolute atomic E-state index is 15.9. The highest BCUT2D eigenvalue weighted by molar-refractivity contribution is 7.89. The lowest BCUT2D eigenvalue weighted by Crippen LogP contribution is -2.69. The summed E-state index contributed by atoms with van der Waals surface area (Å²) in [7, 11) is -2.11. The van der Waals surface area contributed by atoms with Gasteiger partial charge in [-0.1, -0.05) is 43.9 Å². The molecule has 0 spiro atoms. The Bertz CT molecular complexity index is 1100. The number of carbonyl (C=O) groups is 1. The van der Waals surface area contributed by atoms with Crippen molar-refractivity contribution in [1.82, 2.24) is 24.1 Å². The van der Waals surface area contributed by atoms with E-state index in [1.165, 1.54) is 29.0 Å². The molecule has 2 aliphatic rings. The molecule has 1 aromatic heterocycles. The molecule has 194 valence electrons. The second-order valence-corrected chi connectivity index (χ2v) is 11.0. The van der Waals surface area contributed by atoms with E-state index in [2.05, 4.69) is 4.98 Å². The largest absolute Gasteiger partial charge is 0.343 e. The Morgan fingerprint density at radius 1 is 1.03 bits per heavy atom. The van der Waals surface area contributed by atoms with Gasteiger partial charge in [0.15, 0.2) is 5.03 Å². The average molecular weight is 532 g/mol. The highest BCUT2D eigenvalue weighted by Crippen LogP contribution is 2.43. The number of carbonyl (C=O) groups excluding carboxylic acids is 1. The van der Waals surface area contributed by atoms with Crippen LogP contribution in [0.5, 0.6) is 0 Å². The van der Waals surface area contributed by atoms with Crippen LogP contribution >= 0.6 is 12.4 Å². The lowest BCUT2D eigenvalue weighted by Gasteiger charge is -2.50. The zero-order chi connectivity index (χ0) is 24.4. The minimum atomic E-state index is -3.80. The van der Waals surface area contributed by atoms with Gasteiger partial charge >= 0.3 is 6.05 Å². The topological polar surface area (TPSA) is 87.5 Å². The molecule has 2 fully saturated rings. The fraction of sp³-hybridized carbons (Fsp3) is 0.565. The zero-order valence-corrected chi connectivity index (χ0v) is 21.3. The molecule has 0 radical (unpaired) electrons. The van der Waals surface area contributed by atoms with Gasteiger partial charge in [-0.25, -0.2) is 13.4 Å². The van der Waals surface area contributed by atoms with Gasteiger partial charge in [0, 0.05) is 45.0 Å². The van der Waals surface area contributed by atoms with Gasteiger partial charge in [-0.15, -0.1) is 12.4 Å². The van der Waals surface area contributed by atoms with Crippen LogP contribution in [0.25, 0.3) is 0 Å². The van der Waals surface area contributed by atoms with Gasteiger partial charge < -0.3 is 4.57 Å². The van der Waals surface area contributed by atoms with Crippen molar-refractivity contribution in [3.8, 4) is 0 Å². The fourth-order valence-electron chi connectivity index (χ4n) is 5.07. The summed E-state index contributed by atoms with van der Waals surface area (Å²) >= 11 is 0. The summed E-state index contributed by atoms with van der Waals surface area (Å²) in [4.78, 5) is 18.3. The van der Waals surface area contributed by atoms with Gasteiger partial charge in [-0.3, -0.25) is 15.0 Å². The summed E-state index contributed by atoms with van der Waals surface area (Å²) in [6, 6.07) is 4.52. The molecule has 1 amide bonds. The van der Waals surface area contributed by atoms with E-state index in [1.807, 2.05) is 5.32 Å². The van der Waals surface area contributed by atoms with Crippen molar-refractivity contribution in [1.29, 1.82) is 0 Å². The molecule has 12 heteroatoms. The summed E-state index contributed by atoms with van der Waals surface area (Å²) in [6.45, 7) is 0.485. The Morgan fingerprint density at radius 2 is 1.63 bits per heavy atom. The van der Waals surface area contributed by atoms with Gasteiger partial charge in [0.25, 0.3) is 15.9 Å². The van der Waals surface area contributed by atoms with Crippen LogP contribution < -0.4 is 5.32 Å². The van der Waals surface area contributed by atoms with Crippen LogP contribution in [0.1, 0.15) is 48.9 Å². The van der Waals surface area contributed by atoms with Crippen molar-refractivity contribution in [2.45, 2.75) is 55.1 Å². The molecule has 1 saturated heterocycles. The van der Waals surface area contributed by atoms with Crippen molar-refractivity contribution < 1.29 is 22.0 Å². The minimum Gasteiger partial charge on any atom is -0.339 e. The number of hydrogen-bond acceptors (Lipinski definition) is 5. The van der Waals surface area contributed by atoms with Crippen LogP contribution in [-0.2, 0) is 17.1 Å². The van der Waals surface area contributed by atoms with Crippen LogP contribution in [0.15, 0.2) is 47.9 Å². The van der Waals surface area contributed by atoms with Crippen LogP contribution in [0.4, 0.5) is 8.78 Å². The number of sulfonamides is 1. The molecule has 1 aliphatic heterocycles. The second kappa shape index (κ2) is 10.9. The number of nitrogens with zero attached hydrogens (tertiary/aromatic N) is 4. The average Bonchev–Trinajstić information content (AvgIpc) is 3.11. The van der Waals surface area contributed by atoms with Crippen molar-refractivity contribution in [2.75, 3.05) is 26.2 Å². The Balaban J connectivity index is 0.00000342. The van der Waals surface area contributed by atoms with E-state index in [0.29, 0.717) is 12.8 Å². The molecule has 4 rings (SSSR count). The lowest BCUT2D eigenvalue weighted by atomic mass is 9.84. The van der Waals surface area contributed by atoms with Gasteiger partial charge in [-0.05, 0) is 25.0 Å². The normalized spacial score (nSPS) is 20.0. The van der Waals surface area contributed by atoms with E-state index >= 15 is 8.78 Å². The Kier molecular flexibility index (Phi) is 8.56. The van der Waals surface area contributed by atoms with E-state index in [4.69, 9.17) is 0 Å². The number of halogens is 3. The third-order valence-electron chi connectivity index (χ3n) is 6.95. The molecule has 2 heterocycles. The molecule has 1 saturated carbocycles. The molecule has 1 aromatic carbocycles. The fourth-order valence-corrected chi connectivity index (χ4v) is 6.46. The monoisotopic (exact) mass is 531 g/mol. The maximum Gasteiger partial charge on any atom is 0.343 e. The third-order valence-corrected chi connectivity index (χ3v) is 8.74. The van der Waals surface area contributed by atoms with E-state index in [-0.39, 0.29) is 62.0 Å². The number of hydrogen-bond donors (Lipinski definition) is 1. The second-order valence-electron chi connectivity index (χ2n) is 9.11. The molecule has 35 heavy (non-hydrogen) atoms. The predicted octanol–water partition coefficient (Wildman–Crippen LogP) is 3.26. The van der Waals surface area contributed by atoms with Crippen molar-refractivity contribution in [2.24, 2.45) is 7.05 Å². The van der Waals surface area contributed by atoms with E-state index in [1.54, 1.807) is 34.7 Å². The number of nitrogens with one attached hydrogen (secondary N) is 1. The van der Waals surface area contributed by atoms with Crippen molar-refractivity contribution in [3.05, 3.63) is 48.4 Å². The highest BCUT2D eigenvalue weighted by atomic mass is 35.5. The molecular formula is C23H32ClF2N5O3S. The van der Waals surface area contributed by atoms with Crippen LogP contribution in [0, 0.1) is 0 Å². The van der Waals surface area contributed by atoms with Gasteiger partial charge in [0.05, 0.1) is 6.33 Å². The summed E-state index contributed by atoms with van der Waals surface area (Å²) in [5.41, 5.74) is -1.38. The first kappa shape index (κ1) is 27.5. The molecule has 1 aliphatic carbocycles. The smallest absolute Gasteiger partial charge is 0.339 e. The number of benzene rings is 1. The van der Waals surface area contributed by atoms with Crippen molar-refractivity contribution >= 4 is 28.3 Å². The summed E-state index contributed by atoms with van der Waals surface area (Å²) in [5, 5.41) is 1.97. The van der Waals surface area contributed by atoms with Crippen LogP contribution in [-0.4, -0.2) is 70.8 Å². The van der Waals surface area contributed by atoms with Crippen LogP contribution in [0.3, 0.4) is 0 Å². The third kappa shape index (κ3) is 5.52. The molecule has 0 unspecified atom stereocenters. The molecular weight excluding hydrogens is 500 g/mol. The van der Waals surface area contributed by atoms with Gasteiger partial charge in [0.2, 0.25) is 0 Å². The maximum atomic E-state index is 15.9. The molecule has 2 aromatic rings. The van der Waals surface area contributed by atoms with E-state index in [0.717, 1.165) is 12.8 Å². The summed E-state index contributed by atoms with van der Waals surface area (Å²) in [6.07, 6.45) is 6.30. The standard InChI is InChI=1S/C23H31F2N5O3S.ClH/c1-28-17-20(26-18-28)34(32,33)30-15-13-29(14-16-30)22(11-7-2-3-8-12-22)23(24,25)27-21(31)19-9-5-4-6-10-19;/h4-6,9-10,17-18H,2-3,7-8,11-16H2,1H3,(H,27,31);1H. The Hall–Kier alpha value is -2.08. The zero-order valence-electron chi connectivity index (χ0n) is 19.7. The lowest BCUT2D eigenvalue weighted by molar-refractivity contribution is -0.171. The molecule has 0 atom stereocenters. The quantitative estimate of drug-likeness (QED) is 0.456. The number of aromatic nitrogens is 2. The number of alkyl halides is 2. The van der Waals surface area contributed by atoms with Gasteiger partial charge in [-0.2, -0.15) is 13.1 Å². The first-order valence-corrected chi connectivity index (χ1v) is 13.1. The molecule has 8 nitrogen and oxygen atoms in total. The minimum absolute atomic E-state index is 0. The number of imidazole rings is 1. The highest BCUT2D eigenvalue weighted by Gasteiger charge is 2.58. The SMILES string of the molecule is Cl.Cn1cnc(S(=O)(=O)N2CCN(C3(C(F)(F)NC(=O)c4ccccc4)CCCCCC3)CC2)c1.